The molecule has 0 bridgehead atoms. The predicted octanol–water partition coefficient (Wildman–Crippen LogP) is 0.886. The summed E-state index contributed by atoms with van der Waals surface area (Å²) < 4.78 is 0. The molecule has 0 spiro atoms. The van der Waals surface area contributed by atoms with E-state index in [0.29, 0.717) is 19.4 Å². The first kappa shape index (κ1) is 11.1. The fourth-order valence-corrected chi connectivity index (χ4v) is 2.80. The van der Waals surface area contributed by atoms with Gasteiger partial charge in [-0.15, -0.1) is 0 Å². The Hall–Kier alpha value is -2.04. The van der Waals surface area contributed by atoms with E-state index in [0.717, 1.165) is 11.1 Å². The topological polar surface area (TPSA) is 77.8 Å². The van der Waals surface area contributed by atoms with Crippen molar-refractivity contribution >= 4 is 11.7 Å². The second-order valence-corrected chi connectivity index (χ2v) is 4.81. The van der Waals surface area contributed by atoms with Crippen LogP contribution < -0.4 is 0 Å². The Labute approximate surface area is 104 Å². The molecule has 1 amide bonds. The van der Waals surface area contributed by atoms with Crippen molar-refractivity contribution in [3.63, 3.8) is 0 Å². The minimum absolute atomic E-state index is 0.0180. The number of phenolic OH excluding ortho intramolecular Hbond substituents is 2. The van der Waals surface area contributed by atoms with E-state index >= 15 is 0 Å². The lowest BCUT2D eigenvalue weighted by Crippen LogP contribution is -2.45. The van der Waals surface area contributed by atoms with Gasteiger partial charge in [0.1, 0.15) is 5.78 Å². The minimum atomic E-state index is -0.283. The highest BCUT2D eigenvalue weighted by Crippen LogP contribution is 2.40. The fraction of sp³-hybridized carbons (Fsp3) is 0.385. The molecule has 1 aromatic carbocycles. The van der Waals surface area contributed by atoms with Gasteiger partial charge in [0.2, 0.25) is 5.91 Å². The van der Waals surface area contributed by atoms with E-state index in [9.17, 15) is 19.8 Å². The fourth-order valence-electron chi connectivity index (χ4n) is 2.80. The molecule has 1 fully saturated rings. The molecule has 0 saturated carbocycles. The number of rotatable bonds is 0. The van der Waals surface area contributed by atoms with E-state index in [1.165, 1.54) is 12.1 Å². The molecule has 2 heterocycles. The average Bonchev–Trinajstić information content (AvgIpc) is 2.30. The van der Waals surface area contributed by atoms with Gasteiger partial charge in [-0.05, 0) is 29.7 Å². The summed E-state index contributed by atoms with van der Waals surface area (Å²) >= 11 is 0. The number of benzene rings is 1. The summed E-state index contributed by atoms with van der Waals surface area (Å²) in [5.41, 5.74) is 1.67. The first-order valence-corrected chi connectivity index (χ1v) is 5.92. The number of hydrogen-bond donors (Lipinski definition) is 2. The van der Waals surface area contributed by atoms with Crippen LogP contribution in [0, 0.1) is 0 Å². The van der Waals surface area contributed by atoms with Crippen LogP contribution in [0.5, 0.6) is 11.5 Å². The Morgan fingerprint density at radius 2 is 1.89 bits per heavy atom. The first-order valence-electron chi connectivity index (χ1n) is 5.92. The summed E-state index contributed by atoms with van der Waals surface area (Å²) in [5, 5.41) is 19.0. The number of phenols is 2. The summed E-state index contributed by atoms with van der Waals surface area (Å²) in [7, 11) is 0. The molecular formula is C13H13NO4. The number of nitrogens with zero attached hydrogens (tertiary/aromatic N) is 1. The van der Waals surface area contributed by atoms with Gasteiger partial charge in [0, 0.05) is 13.0 Å². The number of ketones is 1. The van der Waals surface area contributed by atoms with Crippen LogP contribution in [-0.2, 0) is 16.0 Å². The van der Waals surface area contributed by atoms with Gasteiger partial charge in [-0.1, -0.05) is 0 Å². The Morgan fingerprint density at radius 3 is 2.67 bits per heavy atom. The van der Waals surface area contributed by atoms with Crippen molar-refractivity contribution in [2.24, 2.45) is 0 Å². The molecule has 1 atom stereocenters. The van der Waals surface area contributed by atoms with Gasteiger partial charge in [-0.25, -0.2) is 0 Å². The predicted molar refractivity (Wildman–Crippen MR) is 62.2 cm³/mol. The zero-order valence-electron chi connectivity index (χ0n) is 9.72. The maximum absolute atomic E-state index is 11.8. The Bertz CT molecular complexity index is 552. The van der Waals surface area contributed by atoms with Crippen LogP contribution in [-0.4, -0.2) is 33.3 Å². The Kier molecular flexibility index (Phi) is 2.29. The van der Waals surface area contributed by atoms with Crippen LogP contribution >= 0.6 is 0 Å². The van der Waals surface area contributed by atoms with Crippen LogP contribution in [0.4, 0.5) is 0 Å². The van der Waals surface area contributed by atoms with Crippen molar-refractivity contribution in [3.05, 3.63) is 23.3 Å². The molecule has 94 valence electrons. The lowest BCUT2D eigenvalue weighted by Gasteiger charge is -2.40. The summed E-state index contributed by atoms with van der Waals surface area (Å²) in [6.45, 7) is 0.563. The number of aromatic hydroxyl groups is 2. The molecule has 5 nitrogen and oxygen atoms in total. The zero-order chi connectivity index (χ0) is 12.9. The Balaban J connectivity index is 2.08. The summed E-state index contributed by atoms with van der Waals surface area (Å²) in [4.78, 5) is 25.0. The van der Waals surface area contributed by atoms with Crippen molar-refractivity contribution in [1.82, 2.24) is 4.90 Å². The smallest absolute Gasteiger partial charge is 0.230 e. The number of carbonyl (C=O) groups excluding carboxylic acids is 2. The molecule has 3 rings (SSSR count). The highest BCUT2D eigenvalue weighted by molar-refractivity contribution is 6.01. The highest BCUT2D eigenvalue weighted by Gasteiger charge is 2.37. The van der Waals surface area contributed by atoms with Gasteiger partial charge < -0.3 is 15.1 Å². The molecule has 1 aromatic rings. The summed E-state index contributed by atoms with van der Waals surface area (Å²) in [6, 6.07) is 2.70. The zero-order valence-corrected chi connectivity index (χ0v) is 9.72. The Morgan fingerprint density at radius 1 is 1.17 bits per heavy atom. The first-order chi connectivity index (χ1) is 8.56. The lowest BCUT2D eigenvalue weighted by atomic mass is 9.86. The van der Waals surface area contributed by atoms with Crippen molar-refractivity contribution in [2.45, 2.75) is 25.3 Å². The minimum Gasteiger partial charge on any atom is -0.504 e. The maximum Gasteiger partial charge on any atom is 0.230 e. The normalized spacial score (nSPS) is 22.7. The quantitative estimate of drug-likeness (QED) is 0.527. The van der Waals surface area contributed by atoms with Gasteiger partial charge in [-0.3, -0.25) is 9.59 Å². The van der Waals surface area contributed by atoms with Crippen LogP contribution in [0.15, 0.2) is 12.1 Å². The highest BCUT2D eigenvalue weighted by atomic mass is 16.3. The molecule has 1 unspecified atom stereocenters. The van der Waals surface area contributed by atoms with Gasteiger partial charge >= 0.3 is 0 Å². The SMILES string of the molecule is O=C1CC(=O)N2CCc3cc(O)c(O)cc3C2C1. The molecule has 2 N–H and O–H groups in total. The van der Waals surface area contributed by atoms with Crippen LogP contribution in [0.3, 0.4) is 0 Å². The standard InChI is InChI=1S/C13H13NO4/c15-8-4-10-9-6-12(17)11(16)3-7(9)1-2-14(10)13(18)5-8/h3,6,10,16-17H,1-2,4-5H2. The van der Waals surface area contributed by atoms with Gasteiger partial charge in [0.05, 0.1) is 12.5 Å². The lowest BCUT2D eigenvalue weighted by molar-refractivity contribution is -0.143. The number of hydrogen-bond acceptors (Lipinski definition) is 4. The van der Waals surface area contributed by atoms with Crippen molar-refractivity contribution in [1.29, 1.82) is 0 Å². The molecular weight excluding hydrogens is 234 g/mol. The van der Waals surface area contributed by atoms with Crippen molar-refractivity contribution in [2.75, 3.05) is 6.54 Å². The number of fused-ring (bicyclic) bond motifs is 3. The third-order valence-electron chi connectivity index (χ3n) is 3.68. The van der Waals surface area contributed by atoms with Crippen molar-refractivity contribution in [3.8, 4) is 11.5 Å². The van der Waals surface area contributed by atoms with E-state index in [1.54, 1.807) is 4.90 Å². The molecule has 2 aliphatic rings. The van der Waals surface area contributed by atoms with E-state index in [-0.39, 0.29) is 35.7 Å². The average molecular weight is 247 g/mol. The number of Topliss-reactive ketones (excluding diaryl/α,β-unsaturated/α-hetero) is 1. The van der Waals surface area contributed by atoms with Crippen LogP contribution in [0.25, 0.3) is 0 Å². The van der Waals surface area contributed by atoms with Crippen LogP contribution in [0.1, 0.15) is 30.0 Å². The largest absolute Gasteiger partial charge is 0.504 e. The van der Waals surface area contributed by atoms with Gasteiger partial charge in [-0.2, -0.15) is 0 Å². The van der Waals surface area contributed by atoms with Gasteiger partial charge in [0.15, 0.2) is 11.5 Å². The molecule has 0 aliphatic carbocycles. The third kappa shape index (κ3) is 1.54. The number of carbonyl (C=O) groups is 2. The molecule has 2 aliphatic heterocycles. The summed E-state index contributed by atoms with van der Waals surface area (Å²) in [5.74, 6) is -0.576. The van der Waals surface area contributed by atoms with Crippen LogP contribution in [0.2, 0.25) is 0 Å². The van der Waals surface area contributed by atoms with Gasteiger partial charge in [0.25, 0.3) is 0 Å². The maximum atomic E-state index is 11.8. The van der Waals surface area contributed by atoms with E-state index in [1.807, 2.05) is 0 Å². The molecule has 0 aromatic heterocycles. The van der Waals surface area contributed by atoms with E-state index in [4.69, 9.17) is 0 Å². The van der Waals surface area contributed by atoms with E-state index < -0.39 is 0 Å². The number of piperidine rings is 1. The molecule has 18 heavy (non-hydrogen) atoms. The molecule has 5 heteroatoms. The number of amides is 1. The second kappa shape index (κ2) is 3.73. The second-order valence-electron chi connectivity index (χ2n) is 4.81. The molecule has 0 radical (unpaired) electrons. The summed E-state index contributed by atoms with van der Waals surface area (Å²) in [6.07, 6.45) is 0.915. The van der Waals surface area contributed by atoms with E-state index in [2.05, 4.69) is 0 Å². The van der Waals surface area contributed by atoms with Crippen molar-refractivity contribution < 1.29 is 19.8 Å². The third-order valence-corrected chi connectivity index (χ3v) is 3.68. The molecule has 1 saturated heterocycles. The monoisotopic (exact) mass is 247 g/mol.